The molecule has 0 fully saturated rings. The molecule has 0 aliphatic carbocycles. The first-order valence-electron chi connectivity index (χ1n) is 5.18. The summed E-state index contributed by atoms with van der Waals surface area (Å²) in [4.78, 5) is 21.0. The van der Waals surface area contributed by atoms with E-state index in [1.54, 1.807) is 24.2 Å². The van der Waals surface area contributed by atoms with Crippen LogP contribution in [-0.4, -0.2) is 45.0 Å². The molecule has 1 rings (SSSR count). The van der Waals surface area contributed by atoms with Crippen LogP contribution in [0.15, 0.2) is 11.2 Å². The van der Waals surface area contributed by atoms with Crippen LogP contribution >= 0.6 is 23.5 Å². The van der Waals surface area contributed by atoms with E-state index in [1.165, 1.54) is 11.8 Å². The van der Waals surface area contributed by atoms with Crippen LogP contribution in [0.1, 0.15) is 5.69 Å². The van der Waals surface area contributed by atoms with Crippen molar-refractivity contribution in [1.82, 2.24) is 9.97 Å². The smallest absolute Gasteiger partial charge is 0.250 e. The van der Waals surface area contributed by atoms with Gasteiger partial charge in [0.1, 0.15) is 5.04 Å². The summed E-state index contributed by atoms with van der Waals surface area (Å²) in [5.41, 5.74) is 6.42. The molecule has 0 aromatic carbocycles. The molecule has 0 saturated carbocycles. The van der Waals surface area contributed by atoms with E-state index in [0.717, 1.165) is 17.2 Å². The quantitative estimate of drug-likeness (QED) is 0.257. The average molecular weight is 289 g/mol. The molecule has 0 aliphatic rings. The Balaban J connectivity index is 2.20. The number of rotatable bonds is 7. The number of nitrogens with zero attached hydrogens (tertiary/aromatic N) is 3. The monoisotopic (exact) mass is 289 g/mol. The van der Waals surface area contributed by atoms with Gasteiger partial charge in [-0.2, -0.15) is 11.8 Å². The first-order chi connectivity index (χ1) is 8.61. The Morgan fingerprint density at radius 3 is 3.06 bits per heavy atom. The predicted octanol–water partition coefficient (Wildman–Crippen LogP) is 1.26. The Hall–Kier alpha value is -1.22. The first kappa shape index (κ1) is 14.8. The normalized spacial score (nSPS) is 11.7. The van der Waals surface area contributed by atoms with Gasteiger partial charge < -0.3 is 10.7 Å². The fraction of sp³-hybridized carbons (Fsp3) is 0.556. The minimum Gasteiger partial charge on any atom is -0.369 e. The number of nitro groups is 1. The van der Waals surface area contributed by atoms with E-state index in [2.05, 4.69) is 15.0 Å². The van der Waals surface area contributed by atoms with Crippen molar-refractivity contribution in [3.63, 3.8) is 0 Å². The number of anilines is 1. The van der Waals surface area contributed by atoms with Gasteiger partial charge in [0.2, 0.25) is 0 Å². The molecule has 1 aromatic rings. The summed E-state index contributed by atoms with van der Waals surface area (Å²) in [5.74, 6) is 2.00. The number of nitrogens with one attached hydrogen (secondary N) is 1. The first-order valence-corrected chi connectivity index (χ1v) is 7.56. The molecular formula is C9H15N5O2S2. The molecule has 1 aromatic heterocycles. The van der Waals surface area contributed by atoms with Gasteiger partial charge in [0.25, 0.3) is 6.54 Å². The van der Waals surface area contributed by atoms with Crippen LogP contribution < -0.4 is 5.73 Å². The zero-order chi connectivity index (χ0) is 13.4. The predicted molar refractivity (Wildman–Crippen MR) is 76.8 cm³/mol. The van der Waals surface area contributed by atoms with Crippen LogP contribution in [0.4, 0.5) is 5.95 Å². The van der Waals surface area contributed by atoms with E-state index in [4.69, 9.17) is 5.73 Å². The second-order valence-corrected chi connectivity index (χ2v) is 5.30. The average Bonchev–Trinajstić information content (AvgIpc) is 2.72. The summed E-state index contributed by atoms with van der Waals surface area (Å²) in [6.07, 6.45) is 3.49. The van der Waals surface area contributed by atoms with Crippen LogP contribution in [0, 0.1) is 10.1 Å². The van der Waals surface area contributed by atoms with Gasteiger partial charge in [-0.3, -0.25) is 15.1 Å². The highest BCUT2D eigenvalue weighted by atomic mass is 32.2. The maximum absolute atomic E-state index is 10.3. The third-order valence-electron chi connectivity index (χ3n) is 1.93. The summed E-state index contributed by atoms with van der Waals surface area (Å²) in [5, 5.41) is 10.9. The van der Waals surface area contributed by atoms with Gasteiger partial charge in [0, 0.05) is 28.7 Å². The third kappa shape index (κ3) is 5.92. The van der Waals surface area contributed by atoms with Gasteiger partial charge >= 0.3 is 0 Å². The van der Waals surface area contributed by atoms with Gasteiger partial charge in [-0.25, -0.2) is 4.98 Å². The molecule has 0 amide bonds. The minimum absolute atomic E-state index is 0.192. The van der Waals surface area contributed by atoms with Crippen LogP contribution in [-0.2, 0) is 5.75 Å². The van der Waals surface area contributed by atoms with E-state index >= 15 is 0 Å². The van der Waals surface area contributed by atoms with Crippen molar-refractivity contribution in [3.05, 3.63) is 22.0 Å². The van der Waals surface area contributed by atoms with E-state index in [9.17, 15) is 10.1 Å². The molecule has 0 atom stereocenters. The molecule has 3 N–H and O–H groups in total. The van der Waals surface area contributed by atoms with Gasteiger partial charge in [-0.15, -0.1) is 11.8 Å². The Labute approximate surface area is 113 Å². The van der Waals surface area contributed by atoms with Crippen molar-refractivity contribution in [2.24, 2.45) is 4.99 Å². The molecule has 1 heterocycles. The number of imidazole rings is 1. The zero-order valence-corrected chi connectivity index (χ0v) is 11.6. The number of nitrogens with two attached hydrogens (primary N) is 1. The summed E-state index contributed by atoms with van der Waals surface area (Å²) in [7, 11) is 0. The number of aromatic nitrogens is 2. The largest absolute Gasteiger partial charge is 0.369 e. The fourth-order valence-corrected chi connectivity index (χ4v) is 2.34. The van der Waals surface area contributed by atoms with Crippen LogP contribution in [0.25, 0.3) is 0 Å². The lowest BCUT2D eigenvalue weighted by Crippen LogP contribution is -2.11. The third-order valence-corrected chi connectivity index (χ3v) is 3.65. The maximum Gasteiger partial charge on any atom is 0.250 e. The minimum atomic E-state index is -0.365. The molecule has 0 unspecified atom stereocenters. The van der Waals surface area contributed by atoms with Crippen molar-refractivity contribution in [3.8, 4) is 0 Å². The van der Waals surface area contributed by atoms with E-state index in [1.807, 2.05) is 0 Å². The summed E-state index contributed by atoms with van der Waals surface area (Å²) < 4.78 is 0. The number of hydrogen-bond acceptors (Lipinski definition) is 7. The number of hydrogen-bond donors (Lipinski definition) is 2. The van der Waals surface area contributed by atoms with Gasteiger partial charge in [-0.1, -0.05) is 0 Å². The van der Waals surface area contributed by atoms with Gasteiger partial charge in [-0.05, 0) is 6.26 Å². The van der Waals surface area contributed by atoms with E-state index in [-0.39, 0.29) is 11.5 Å². The fourth-order valence-electron chi connectivity index (χ4n) is 1.16. The van der Waals surface area contributed by atoms with Crippen LogP contribution in [0.3, 0.4) is 0 Å². The Morgan fingerprint density at radius 2 is 2.50 bits per heavy atom. The second-order valence-electron chi connectivity index (χ2n) is 3.32. The standard InChI is InChI=1S/C9H15N5O2S2/c1-17-8(5-14(15)16)11-2-3-18-6-7-4-12-9(10)13-7/h4H,2-3,5-6H2,1H3,(H3,10,12,13). The molecule has 7 nitrogen and oxygen atoms in total. The summed E-state index contributed by atoms with van der Waals surface area (Å²) in [6.45, 7) is 0.390. The molecule has 0 aliphatic heterocycles. The van der Waals surface area contributed by atoms with Crippen LogP contribution in [0.5, 0.6) is 0 Å². The number of aliphatic imine (C=N–C) groups is 1. The van der Waals surface area contributed by atoms with Gasteiger partial charge in [0.05, 0.1) is 6.20 Å². The van der Waals surface area contributed by atoms with E-state index in [0.29, 0.717) is 17.5 Å². The number of nitrogen functional groups attached to an aromatic ring is 1. The van der Waals surface area contributed by atoms with Crippen molar-refractivity contribution >= 4 is 34.5 Å². The molecule has 0 saturated heterocycles. The highest BCUT2D eigenvalue weighted by Crippen LogP contribution is 2.10. The molecule has 0 spiro atoms. The van der Waals surface area contributed by atoms with Crippen LogP contribution in [0.2, 0.25) is 0 Å². The maximum atomic E-state index is 10.3. The SMILES string of the molecule is CSC(C[N+](=O)[O-])=NCCSCc1cnc(N)[nH]1. The highest BCUT2D eigenvalue weighted by Gasteiger charge is 2.05. The van der Waals surface area contributed by atoms with Crippen molar-refractivity contribution in [2.45, 2.75) is 5.75 Å². The lowest BCUT2D eigenvalue weighted by atomic mass is 10.6. The molecule has 18 heavy (non-hydrogen) atoms. The molecule has 9 heteroatoms. The van der Waals surface area contributed by atoms with Crippen molar-refractivity contribution in [1.29, 1.82) is 0 Å². The molecule has 100 valence electrons. The Kier molecular flexibility index (Phi) is 6.58. The van der Waals surface area contributed by atoms with E-state index < -0.39 is 0 Å². The zero-order valence-electron chi connectivity index (χ0n) is 9.96. The number of aromatic amines is 1. The Morgan fingerprint density at radius 1 is 1.72 bits per heavy atom. The highest BCUT2D eigenvalue weighted by molar-refractivity contribution is 8.13. The second kappa shape index (κ2) is 7.98. The molecule has 0 radical (unpaired) electrons. The number of thioether (sulfide) groups is 2. The number of H-pyrrole nitrogens is 1. The van der Waals surface area contributed by atoms with Crippen molar-refractivity contribution < 1.29 is 4.92 Å². The molecular weight excluding hydrogens is 274 g/mol. The van der Waals surface area contributed by atoms with Gasteiger partial charge in [0.15, 0.2) is 5.95 Å². The molecule has 0 bridgehead atoms. The lowest BCUT2D eigenvalue weighted by molar-refractivity contribution is -0.462. The summed E-state index contributed by atoms with van der Waals surface area (Å²) in [6, 6.07) is 0. The lowest BCUT2D eigenvalue weighted by Gasteiger charge is -1.99. The summed E-state index contributed by atoms with van der Waals surface area (Å²) >= 11 is 3.00. The Bertz CT molecular complexity index is 421. The van der Waals surface area contributed by atoms with Crippen molar-refractivity contribution in [2.75, 3.05) is 30.8 Å². The topological polar surface area (TPSA) is 110 Å².